The Morgan fingerprint density at radius 1 is 1.08 bits per heavy atom. The zero-order valence-corrected chi connectivity index (χ0v) is 15.6. The van der Waals surface area contributed by atoms with Gasteiger partial charge in [0.25, 0.3) is 5.91 Å². The molecular formula is C20H24N2O4. The van der Waals surface area contributed by atoms with Crippen LogP contribution in [0.3, 0.4) is 0 Å². The quantitative estimate of drug-likeness (QED) is 0.893. The van der Waals surface area contributed by atoms with Crippen LogP contribution in [0.1, 0.15) is 21.5 Å². The van der Waals surface area contributed by atoms with E-state index in [1.165, 1.54) is 32.5 Å². The molecule has 0 spiro atoms. The van der Waals surface area contributed by atoms with Gasteiger partial charge in [-0.15, -0.1) is 0 Å². The molecule has 6 nitrogen and oxygen atoms in total. The molecule has 1 N–H and O–H groups in total. The van der Waals surface area contributed by atoms with E-state index >= 15 is 0 Å². The maximum absolute atomic E-state index is 12.8. The van der Waals surface area contributed by atoms with Crippen molar-refractivity contribution in [1.29, 1.82) is 0 Å². The van der Waals surface area contributed by atoms with E-state index in [9.17, 15) is 4.79 Å². The molecule has 0 unspecified atom stereocenters. The summed E-state index contributed by atoms with van der Waals surface area (Å²) in [5, 5.41) is 3.03. The number of carbonyl (C=O) groups is 1. The predicted molar refractivity (Wildman–Crippen MR) is 101 cm³/mol. The van der Waals surface area contributed by atoms with E-state index < -0.39 is 0 Å². The van der Waals surface area contributed by atoms with Crippen LogP contribution in [0.4, 0.5) is 5.69 Å². The molecule has 0 radical (unpaired) electrons. The van der Waals surface area contributed by atoms with Crippen LogP contribution in [-0.4, -0.2) is 45.7 Å². The van der Waals surface area contributed by atoms with Crippen molar-refractivity contribution in [3.05, 3.63) is 47.0 Å². The number of methoxy groups -OCH3 is 3. The van der Waals surface area contributed by atoms with Crippen LogP contribution >= 0.6 is 0 Å². The first-order chi connectivity index (χ1) is 12.6. The monoisotopic (exact) mass is 356 g/mol. The van der Waals surface area contributed by atoms with E-state index in [2.05, 4.69) is 23.3 Å². The Labute approximate surface area is 153 Å². The number of benzene rings is 2. The zero-order chi connectivity index (χ0) is 18.7. The Morgan fingerprint density at radius 3 is 2.38 bits per heavy atom. The zero-order valence-electron chi connectivity index (χ0n) is 15.6. The smallest absolute Gasteiger partial charge is 0.255 e. The van der Waals surface area contributed by atoms with Gasteiger partial charge in [0.2, 0.25) is 5.75 Å². The lowest BCUT2D eigenvalue weighted by molar-refractivity contribution is 0.102. The molecular weight excluding hydrogens is 332 g/mol. The Kier molecular flexibility index (Phi) is 5.32. The van der Waals surface area contributed by atoms with Crippen molar-refractivity contribution in [1.82, 2.24) is 4.90 Å². The second-order valence-electron chi connectivity index (χ2n) is 6.30. The highest BCUT2D eigenvalue weighted by atomic mass is 16.5. The summed E-state index contributed by atoms with van der Waals surface area (Å²) in [4.78, 5) is 15.1. The molecule has 2 aromatic carbocycles. The molecule has 0 bridgehead atoms. The highest BCUT2D eigenvalue weighted by molar-refractivity contribution is 6.05. The molecule has 26 heavy (non-hydrogen) atoms. The highest BCUT2D eigenvalue weighted by Crippen LogP contribution is 2.38. The van der Waals surface area contributed by atoms with E-state index in [-0.39, 0.29) is 5.91 Å². The van der Waals surface area contributed by atoms with Crippen LogP contribution < -0.4 is 19.5 Å². The summed E-state index contributed by atoms with van der Waals surface area (Å²) in [5.41, 5.74) is 3.76. The molecule has 0 atom stereocenters. The first-order valence-corrected chi connectivity index (χ1v) is 8.48. The molecule has 3 rings (SSSR count). The number of nitrogens with zero attached hydrogens (tertiary/aromatic N) is 1. The van der Waals surface area contributed by atoms with Gasteiger partial charge in [-0.1, -0.05) is 12.1 Å². The van der Waals surface area contributed by atoms with Crippen molar-refractivity contribution in [2.45, 2.75) is 13.0 Å². The number of anilines is 1. The van der Waals surface area contributed by atoms with Crippen molar-refractivity contribution < 1.29 is 19.0 Å². The standard InChI is InChI=1S/C20H24N2O4/c1-22-9-8-15-13(12-22)6-5-7-16(15)21-20(23)14-10-17(24-2)19(26-4)18(11-14)25-3/h5-7,10-11H,8-9,12H2,1-4H3,(H,21,23). The van der Waals surface area contributed by atoms with Crippen molar-refractivity contribution in [2.75, 3.05) is 40.2 Å². The maximum Gasteiger partial charge on any atom is 0.255 e. The highest BCUT2D eigenvalue weighted by Gasteiger charge is 2.20. The summed E-state index contributed by atoms with van der Waals surface area (Å²) < 4.78 is 16.0. The Balaban J connectivity index is 1.91. The van der Waals surface area contributed by atoms with Gasteiger partial charge in [0, 0.05) is 24.3 Å². The van der Waals surface area contributed by atoms with Crippen molar-refractivity contribution >= 4 is 11.6 Å². The molecule has 0 fully saturated rings. The normalized spacial score (nSPS) is 13.7. The number of hydrogen-bond acceptors (Lipinski definition) is 5. The van der Waals surface area contributed by atoms with Crippen LogP contribution in [0.5, 0.6) is 17.2 Å². The molecule has 0 saturated heterocycles. The minimum Gasteiger partial charge on any atom is -0.493 e. The molecule has 0 aliphatic carbocycles. The van der Waals surface area contributed by atoms with Crippen LogP contribution in [0.25, 0.3) is 0 Å². The third kappa shape index (κ3) is 3.46. The first-order valence-electron chi connectivity index (χ1n) is 8.48. The Bertz CT molecular complexity index is 794. The van der Waals surface area contributed by atoms with Gasteiger partial charge in [-0.05, 0) is 42.8 Å². The third-order valence-corrected chi connectivity index (χ3v) is 4.63. The fourth-order valence-electron chi connectivity index (χ4n) is 3.27. The van der Waals surface area contributed by atoms with Gasteiger partial charge in [-0.3, -0.25) is 4.79 Å². The van der Waals surface area contributed by atoms with Crippen LogP contribution in [-0.2, 0) is 13.0 Å². The second-order valence-corrected chi connectivity index (χ2v) is 6.30. The van der Waals surface area contributed by atoms with Crippen molar-refractivity contribution in [3.63, 3.8) is 0 Å². The topological polar surface area (TPSA) is 60.0 Å². The number of nitrogens with one attached hydrogen (secondary N) is 1. The van der Waals surface area contributed by atoms with E-state index in [1.807, 2.05) is 12.1 Å². The van der Waals surface area contributed by atoms with Crippen LogP contribution in [0.15, 0.2) is 30.3 Å². The molecule has 1 heterocycles. The fourth-order valence-corrected chi connectivity index (χ4v) is 3.27. The fraction of sp³-hybridized carbons (Fsp3) is 0.350. The minimum absolute atomic E-state index is 0.211. The van der Waals surface area contributed by atoms with Gasteiger partial charge in [0.15, 0.2) is 11.5 Å². The number of hydrogen-bond donors (Lipinski definition) is 1. The lowest BCUT2D eigenvalue weighted by atomic mass is 9.98. The summed E-state index contributed by atoms with van der Waals surface area (Å²) in [5.74, 6) is 1.16. The average Bonchev–Trinajstić information content (AvgIpc) is 2.66. The third-order valence-electron chi connectivity index (χ3n) is 4.63. The number of fused-ring (bicyclic) bond motifs is 1. The first kappa shape index (κ1) is 18.1. The summed E-state index contributed by atoms with van der Waals surface area (Å²) in [7, 11) is 6.70. The summed E-state index contributed by atoms with van der Waals surface area (Å²) in [6.45, 7) is 1.87. The van der Waals surface area contributed by atoms with Gasteiger partial charge in [-0.25, -0.2) is 0 Å². The maximum atomic E-state index is 12.8. The van der Waals surface area contributed by atoms with Gasteiger partial charge in [0.05, 0.1) is 21.3 Å². The van der Waals surface area contributed by atoms with Gasteiger partial charge >= 0.3 is 0 Å². The Morgan fingerprint density at radius 2 is 1.77 bits per heavy atom. The van der Waals surface area contributed by atoms with Gasteiger partial charge in [-0.2, -0.15) is 0 Å². The van der Waals surface area contributed by atoms with Gasteiger partial charge < -0.3 is 24.4 Å². The lowest BCUT2D eigenvalue weighted by Gasteiger charge is -2.26. The minimum atomic E-state index is -0.211. The average molecular weight is 356 g/mol. The molecule has 6 heteroatoms. The summed E-state index contributed by atoms with van der Waals surface area (Å²) >= 11 is 0. The van der Waals surface area contributed by atoms with Crippen molar-refractivity contribution in [3.8, 4) is 17.2 Å². The predicted octanol–water partition coefficient (Wildman–Crippen LogP) is 2.95. The molecule has 1 aliphatic rings. The summed E-state index contributed by atoms with van der Waals surface area (Å²) in [6.07, 6.45) is 0.914. The molecule has 0 aromatic heterocycles. The van der Waals surface area contributed by atoms with E-state index in [4.69, 9.17) is 14.2 Å². The van der Waals surface area contributed by atoms with E-state index in [0.29, 0.717) is 22.8 Å². The SMILES string of the molecule is COc1cc(C(=O)Nc2cccc3c2CCN(C)C3)cc(OC)c1OC. The van der Waals surface area contributed by atoms with Crippen LogP contribution in [0.2, 0.25) is 0 Å². The largest absolute Gasteiger partial charge is 0.493 e. The second kappa shape index (κ2) is 7.66. The number of carbonyl (C=O) groups excluding carboxylic acids is 1. The van der Waals surface area contributed by atoms with Gasteiger partial charge in [0.1, 0.15) is 0 Å². The molecule has 0 saturated carbocycles. The van der Waals surface area contributed by atoms with E-state index in [1.54, 1.807) is 12.1 Å². The van der Waals surface area contributed by atoms with Crippen molar-refractivity contribution in [2.24, 2.45) is 0 Å². The Hall–Kier alpha value is -2.73. The number of ether oxygens (including phenoxy) is 3. The van der Waals surface area contributed by atoms with E-state index in [0.717, 1.165) is 25.2 Å². The molecule has 2 aromatic rings. The van der Waals surface area contributed by atoms with Crippen LogP contribution in [0, 0.1) is 0 Å². The number of amides is 1. The number of likely N-dealkylation sites (N-methyl/N-ethyl adjacent to an activating group) is 1. The summed E-state index contributed by atoms with van der Waals surface area (Å²) in [6, 6.07) is 9.34. The molecule has 1 amide bonds. The molecule has 1 aliphatic heterocycles. The number of rotatable bonds is 5. The molecule has 138 valence electrons. The lowest BCUT2D eigenvalue weighted by Crippen LogP contribution is -2.27.